The smallest absolute Gasteiger partial charge is 0.133 e. The van der Waals surface area contributed by atoms with E-state index in [0.717, 1.165) is 59.0 Å². The van der Waals surface area contributed by atoms with Gasteiger partial charge in [0.1, 0.15) is 11.6 Å². The number of nitrogens with zero attached hydrogens (tertiary/aromatic N) is 2. The van der Waals surface area contributed by atoms with Crippen LogP contribution in [0.1, 0.15) is 56.0 Å². The number of aryl methyl sites for hydroxylation is 1. The molecule has 170 valence electrons. The molecule has 0 aliphatic carbocycles. The lowest BCUT2D eigenvalue weighted by atomic mass is 9.99. The van der Waals surface area contributed by atoms with E-state index in [1.165, 1.54) is 5.56 Å². The van der Waals surface area contributed by atoms with Gasteiger partial charge >= 0.3 is 0 Å². The third kappa shape index (κ3) is 6.06. The van der Waals surface area contributed by atoms with Gasteiger partial charge in [0.05, 0.1) is 17.6 Å². The average Bonchev–Trinajstić information content (AvgIpc) is 3.21. The molecule has 0 amide bonds. The summed E-state index contributed by atoms with van der Waals surface area (Å²) >= 11 is 6.00. The molecule has 4 heteroatoms. The number of unbranched alkanes of at least 4 members (excludes halogenated alkanes) is 1. The second-order valence-electron chi connectivity index (χ2n) is 8.43. The monoisotopic (exact) mass is 458 g/mol. The van der Waals surface area contributed by atoms with Gasteiger partial charge in [-0.2, -0.15) is 0 Å². The zero-order valence-corrected chi connectivity index (χ0v) is 20.1. The van der Waals surface area contributed by atoms with Crippen LogP contribution in [0.5, 0.6) is 5.75 Å². The Hall–Kier alpha value is -3.04. The van der Waals surface area contributed by atoms with Crippen molar-refractivity contribution in [3.63, 3.8) is 0 Å². The van der Waals surface area contributed by atoms with E-state index in [9.17, 15) is 0 Å². The molecule has 1 atom stereocenters. The Bertz CT molecular complexity index is 1190. The number of aromatic nitrogens is 2. The Morgan fingerprint density at radius 3 is 2.45 bits per heavy atom. The Morgan fingerprint density at radius 1 is 0.939 bits per heavy atom. The fourth-order valence-corrected chi connectivity index (χ4v) is 4.02. The summed E-state index contributed by atoms with van der Waals surface area (Å²) in [6, 6.07) is 24.7. The summed E-state index contributed by atoms with van der Waals surface area (Å²) in [7, 11) is 0. The van der Waals surface area contributed by atoms with E-state index in [1.54, 1.807) is 0 Å². The van der Waals surface area contributed by atoms with E-state index in [-0.39, 0.29) is 0 Å². The van der Waals surface area contributed by atoms with Crippen molar-refractivity contribution in [1.82, 2.24) is 9.55 Å². The molecule has 0 radical (unpaired) electrons. The zero-order chi connectivity index (χ0) is 23.0. The van der Waals surface area contributed by atoms with Crippen LogP contribution in [-0.2, 0) is 6.54 Å². The number of ether oxygens (including phenoxy) is 1. The molecular formula is C29H31ClN2O. The van der Waals surface area contributed by atoms with Crippen LogP contribution in [0, 0.1) is 0 Å². The summed E-state index contributed by atoms with van der Waals surface area (Å²) in [4.78, 5) is 4.84. The SMILES string of the molecule is CCC(C)c1ccc(OCCCCn2c(/C=C/c3ccc(Cl)cc3)nc3ccccc32)cc1. The van der Waals surface area contributed by atoms with Gasteiger partial charge in [0.25, 0.3) is 0 Å². The molecule has 1 unspecified atom stereocenters. The Kier molecular flexibility index (Phi) is 7.85. The van der Waals surface area contributed by atoms with Crippen molar-refractivity contribution >= 4 is 34.8 Å². The van der Waals surface area contributed by atoms with Gasteiger partial charge in [0.15, 0.2) is 0 Å². The highest BCUT2D eigenvalue weighted by atomic mass is 35.5. The predicted octanol–water partition coefficient (Wildman–Crippen LogP) is 8.23. The standard InChI is InChI=1S/C29H31ClN2O/c1-3-22(2)24-13-17-26(18-14-24)33-21-7-6-20-32-28-9-5-4-8-27(28)31-29(32)19-12-23-10-15-25(30)16-11-23/h4-5,8-19,22H,3,6-7,20-21H2,1-2H3/b19-12+. The van der Waals surface area contributed by atoms with Gasteiger partial charge in [-0.25, -0.2) is 4.98 Å². The molecule has 0 fully saturated rings. The minimum Gasteiger partial charge on any atom is -0.494 e. The minimum absolute atomic E-state index is 0.590. The fraction of sp³-hybridized carbons (Fsp3) is 0.276. The van der Waals surface area contributed by atoms with Gasteiger partial charge in [-0.1, -0.05) is 67.9 Å². The lowest BCUT2D eigenvalue weighted by Gasteiger charge is -2.11. The molecule has 3 nitrogen and oxygen atoms in total. The summed E-state index contributed by atoms with van der Waals surface area (Å²) < 4.78 is 8.27. The molecule has 0 N–H and O–H groups in total. The molecular weight excluding hydrogens is 428 g/mol. The Balaban J connectivity index is 1.36. The van der Waals surface area contributed by atoms with Crippen molar-refractivity contribution in [2.75, 3.05) is 6.61 Å². The van der Waals surface area contributed by atoms with Crippen LogP contribution < -0.4 is 4.74 Å². The first-order valence-electron chi connectivity index (χ1n) is 11.8. The van der Waals surface area contributed by atoms with E-state index >= 15 is 0 Å². The van der Waals surface area contributed by atoms with E-state index in [0.29, 0.717) is 12.5 Å². The quantitative estimate of drug-likeness (QED) is 0.224. The topological polar surface area (TPSA) is 27.1 Å². The largest absolute Gasteiger partial charge is 0.494 e. The molecule has 1 aromatic heterocycles. The normalized spacial score (nSPS) is 12.5. The number of benzene rings is 3. The van der Waals surface area contributed by atoms with Crippen LogP contribution in [-0.4, -0.2) is 16.2 Å². The molecule has 3 aromatic carbocycles. The van der Waals surface area contributed by atoms with E-state index < -0.39 is 0 Å². The number of imidazole rings is 1. The molecule has 1 heterocycles. The van der Waals surface area contributed by atoms with Crippen LogP contribution in [0.4, 0.5) is 0 Å². The maximum Gasteiger partial charge on any atom is 0.133 e. The van der Waals surface area contributed by atoms with Gasteiger partial charge in [-0.15, -0.1) is 0 Å². The third-order valence-corrected chi connectivity index (χ3v) is 6.34. The van der Waals surface area contributed by atoms with Gasteiger partial charge in [0.2, 0.25) is 0 Å². The summed E-state index contributed by atoms with van der Waals surface area (Å²) in [5.74, 6) is 2.50. The number of halogens is 1. The maximum atomic E-state index is 6.00. The number of fused-ring (bicyclic) bond motifs is 1. The molecule has 33 heavy (non-hydrogen) atoms. The van der Waals surface area contributed by atoms with Gasteiger partial charge in [-0.05, 0) is 78.8 Å². The summed E-state index contributed by atoms with van der Waals surface area (Å²) in [6.07, 6.45) is 7.33. The van der Waals surface area contributed by atoms with E-state index in [1.807, 2.05) is 30.3 Å². The maximum absolute atomic E-state index is 6.00. The Morgan fingerprint density at radius 2 is 1.70 bits per heavy atom. The Labute approximate surface area is 201 Å². The van der Waals surface area contributed by atoms with Crippen molar-refractivity contribution in [2.45, 2.75) is 45.6 Å². The molecule has 0 spiro atoms. The van der Waals surface area contributed by atoms with Crippen LogP contribution in [0.15, 0.2) is 72.8 Å². The second kappa shape index (κ2) is 11.2. The van der Waals surface area contributed by atoms with Crippen LogP contribution in [0.3, 0.4) is 0 Å². The van der Waals surface area contributed by atoms with Crippen molar-refractivity contribution in [3.8, 4) is 5.75 Å². The van der Waals surface area contributed by atoms with Gasteiger partial charge in [-0.3, -0.25) is 0 Å². The molecule has 0 aliphatic rings. The predicted molar refractivity (Wildman–Crippen MR) is 140 cm³/mol. The molecule has 0 saturated carbocycles. The summed E-state index contributed by atoms with van der Waals surface area (Å²) in [5, 5.41) is 0.744. The molecule has 0 aliphatic heterocycles. The fourth-order valence-electron chi connectivity index (χ4n) is 3.89. The van der Waals surface area contributed by atoms with Gasteiger partial charge in [0, 0.05) is 11.6 Å². The third-order valence-electron chi connectivity index (χ3n) is 6.09. The van der Waals surface area contributed by atoms with Crippen LogP contribution >= 0.6 is 11.6 Å². The van der Waals surface area contributed by atoms with Crippen LogP contribution in [0.2, 0.25) is 5.02 Å². The summed E-state index contributed by atoms with van der Waals surface area (Å²) in [6.45, 7) is 6.09. The molecule has 4 rings (SSSR count). The number of hydrogen-bond acceptors (Lipinski definition) is 2. The zero-order valence-electron chi connectivity index (χ0n) is 19.4. The molecule has 4 aromatic rings. The summed E-state index contributed by atoms with van der Waals surface area (Å²) in [5.41, 5.74) is 4.66. The highest BCUT2D eigenvalue weighted by Crippen LogP contribution is 2.22. The number of rotatable bonds is 10. The van der Waals surface area contributed by atoms with E-state index in [2.05, 4.69) is 73.0 Å². The molecule has 0 bridgehead atoms. The van der Waals surface area contributed by atoms with Crippen molar-refractivity contribution in [3.05, 3.63) is 94.8 Å². The van der Waals surface area contributed by atoms with Crippen LogP contribution in [0.25, 0.3) is 23.2 Å². The first-order chi connectivity index (χ1) is 16.1. The van der Waals surface area contributed by atoms with E-state index in [4.69, 9.17) is 21.3 Å². The second-order valence-corrected chi connectivity index (χ2v) is 8.87. The first kappa shape index (κ1) is 23.1. The number of hydrogen-bond donors (Lipinski definition) is 0. The lowest BCUT2D eigenvalue weighted by molar-refractivity contribution is 0.303. The van der Waals surface area contributed by atoms with Crippen molar-refractivity contribution in [2.24, 2.45) is 0 Å². The first-order valence-corrected chi connectivity index (χ1v) is 12.1. The molecule has 0 saturated heterocycles. The highest BCUT2D eigenvalue weighted by molar-refractivity contribution is 6.30. The number of para-hydroxylation sites is 2. The highest BCUT2D eigenvalue weighted by Gasteiger charge is 2.08. The van der Waals surface area contributed by atoms with Crippen molar-refractivity contribution in [1.29, 1.82) is 0 Å². The minimum atomic E-state index is 0.590. The lowest BCUT2D eigenvalue weighted by Crippen LogP contribution is -2.04. The van der Waals surface area contributed by atoms with Crippen molar-refractivity contribution < 1.29 is 4.74 Å². The average molecular weight is 459 g/mol. The van der Waals surface area contributed by atoms with Gasteiger partial charge < -0.3 is 9.30 Å².